The largest absolute Gasteiger partial charge is 0.337 e. The first kappa shape index (κ1) is 15.9. The van der Waals surface area contributed by atoms with Crippen molar-refractivity contribution in [3.63, 3.8) is 0 Å². The molecule has 0 aliphatic carbocycles. The first-order chi connectivity index (χ1) is 11.6. The highest BCUT2D eigenvalue weighted by molar-refractivity contribution is 5.95. The van der Waals surface area contributed by atoms with Crippen LogP contribution in [-0.2, 0) is 6.54 Å². The van der Waals surface area contributed by atoms with E-state index in [0.29, 0.717) is 12.1 Å². The fraction of sp³-hybridized carbons (Fsp3) is 0.158. The van der Waals surface area contributed by atoms with Gasteiger partial charge in [-0.15, -0.1) is 0 Å². The molecule has 3 aromatic rings. The Balaban J connectivity index is 1.82. The van der Waals surface area contributed by atoms with Crippen LogP contribution in [-0.4, -0.2) is 27.6 Å². The number of carbonyl (C=O) groups is 1. The number of amides is 1. The lowest BCUT2D eigenvalue weighted by Crippen LogP contribution is -2.26. The molecule has 24 heavy (non-hydrogen) atoms. The SMILES string of the molecule is Cc1c(C(=O)N(C)Cc2ccccc2)cnn1-c1ccc(F)cc1. The summed E-state index contributed by atoms with van der Waals surface area (Å²) in [7, 11) is 1.77. The molecule has 4 nitrogen and oxygen atoms in total. The van der Waals surface area contributed by atoms with Crippen LogP contribution in [0.4, 0.5) is 4.39 Å². The molecule has 122 valence electrons. The zero-order chi connectivity index (χ0) is 17.1. The van der Waals surface area contributed by atoms with Crippen LogP contribution in [0.1, 0.15) is 21.6 Å². The third kappa shape index (κ3) is 3.20. The molecule has 1 heterocycles. The maximum Gasteiger partial charge on any atom is 0.257 e. The first-order valence-electron chi connectivity index (χ1n) is 7.66. The molecule has 0 bridgehead atoms. The molecule has 0 spiro atoms. The van der Waals surface area contributed by atoms with Gasteiger partial charge in [-0.25, -0.2) is 9.07 Å². The van der Waals surface area contributed by atoms with E-state index < -0.39 is 0 Å². The number of carbonyl (C=O) groups excluding carboxylic acids is 1. The standard InChI is InChI=1S/C19H18FN3O/c1-14-18(12-21-23(14)17-10-8-16(20)9-11-17)19(24)22(2)13-15-6-4-3-5-7-15/h3-12H,13H2,1-2H3. The Morgan fingerprint density at radius 3 is 2.46 bits per heavy atom. The number of rotatable bonds is 4. The Kier molecular flexibility index (Phi) is 4.42. The van der Waals surface area contributed by atoms with E-state index in [9.17, 15) is 9.18 Å². The second kappa shape index (κ2) is 6.66. The topological polar surface area (TPSA) is 38.1 Å². The van der Waals surface area contributed by atoms with Crippen molar-refractivity contribution >= 4 is 5.91 Å². The summed E-state index contributed by atoms with van der Waals surface area (Å²) in [6.45, 7) is 2.36. The van der Waals surface area contributed by atoms with Gasteiger partial charge in [0.15, 0.2) is 0 Å². The molecule has 0 aliphatic heterocycles. The highest BCUT2D eigenvalue weighted by Crippen LogP contribution is 2.17. The summed E-state index contributed by atoms with van der Waals surface area (Å²) in [5, 5.41) is 4.27. The summed E-state index contributed by atoms with van der Waals surface area (Å²) in [6, 6.07) is 15.8. The molecule has 0 radical (unpaired) electrons. The lowest BCUT2D eigenvalue weighted by Gasteiger charge is -2.17. The zero-order valence-electron chi connectivity index (χ0n) is 13.6. The van der Waals surface area contributed by atoms with Crippen molar-refractivity contribution in [3.8, 4) is 5.69 Å². The Morgan fingerprint density at radius 2 is 1.79 bits per heavy atom. The predicted octanol–water partition coefficient (Wildman–Crippen LogP) is 3.59. The summed E-state index contributed by atoms with van der Waals surface area (Å²) < 4.78 is 14.7. The lowest BCUT2D eigenvalue weighted by molar-refractivity contribution is 0.0784. The normalized spacial score (nSPS) is 10.6. The van der Waals surface area contributed by atoms with Crippen molar-refractivity contribution < 1.29 is 9.18 Å². The van der Waals surface area contributed by atoms with Gasteiger partial charge in [-0.1, -0.05) is 30.3 Å². The minimum absolute atomic E-state index is 0.0929. The van der Waals surface area contributed by atoms with Gasteiger partial charge in [0.1, 0.15) is 5.82 Å². The van der Waals surface area contributed by atoms with Crippen molar-refractivity contribution in [1.29, 1.82) is 0 Å². The smallest absolute Gasteiger partial charge is 0.257 e. The maximum atomic E-state index is 13.1. The summed E-state index contributed by atoms with van der Waals surface area (Å²) >= 11 is 0. The number of benzene rings is 2. The van der Waals surface area contributed by atoms with Gasteiger partial charge in [-0.2, -0.15) is 5.10 Å². The Bertz CT molecular complexity index is 841. The van der Waals surface area contributed by atoms with Crippen molar-refractivity contribution in [2.75, 3.05) is 7.05 Å². The van der Waals surface area contributed by atoms with E-state index in [4.69, 9.17) is 0 Å². The van der Waals surface area contributed by atoms with Gasteiger partial charge in [-0.05, 0) is 36.8 Å². The molecule has 1 aromatic heterocycles. The van der Waals surface area contributed by atoms with Crippen LogP contribution in [0.2, 0.25) is 0 Å². The fourth-order valence-corrected chi connectivity index (χ4v) is 2.60. The quantitative estimate of drug-likeness (QED) is 0.736. The molecule has 0 N–H and O–H groups in total. The summed E-state index contributed by atoms with van der Waals surface area (Å²) in [4.78, 5) is 14.3. The van der Waals surface area contributed by atoms with E-state index in [-0.39, 0.29) is 11.7 Å². The molecule has 0 fully saturated rings. The molecule has 0 saturated heterocycles. The van der Waals surface area contributed by atoms with E-state index in [1.165, 1.54) is 12.1 Å². The van der Waals surface area contributed by atoms with Crippen LogP contribution >= 0.6 is 0 Å². The van der Waals surface area contributed by atoms with Gasteiger partial charge in [0.05, 0.1) is 23.1 Å². The minimum Gasteiger partial charge on any atom is -0.337 e. The summed E-state index contributed by atoms with van der Waals surface area (Å²) in [5.41, 5.74) is 3.06. The lowest BCUT2D eigenvalue weighted by atomic mass is 10.2. The first-order valence-corrected chi connectivity index (χ1v) is 7.66. The van der Waals surface area contributed by atoms with Crippen LogP contribution in [0.3, 0.4) is 0 Å². The van der Waals surface area contributed by atoms with Crippen molar-refractivity contribution in [2.45, 2.75) is 13.5 Å². The number of nitrogens with zero attached hydrogens (tertiary/aromatic N) is 3. The van der Waals surface area contributed by atoms with E-state index in [1.807, 2.05) is 37.3 Å². The van der Waals surface area contributed by atoms with Crippen LogP contribution in [0.15, 0.2) is 60.8 Å². The Morgan fingerprint density at radius 1 is 1.12 bits per heavy atom. The van der Waals surface area contributed by atoms with Gasteiger partial charge in [-0.3, -0.25) is 4.79 Å². The second-order valence-electron chi connectivity index (χ2n) is 5.68. The van der Waals surface area contributed by atoms with Crippen LogP contribution in [0, 0.1) is 12.7 Å². The van der Waals surface area contributed by atoms with Crippen molar-refractivity contribution in [2.24, 2.45) is 0 Å². The monoisotopic (exact) mass is 323 g/mol. The van der Waals surface area contributed by atoms with Gasteiger partial charge in [0.25, 0.3) is 5.91 Å². The van der Waals surface area contributed by atoms with Crippen molar-refractivity contribution in [3.05, 3.63) is 83.4 Å². The highest BCUT2D eigenvalue weighted by Gasteiger charge is 2.18. The van der Waals surface area contributed by atoms with Crippen LogP contribution in [0.5, 0.6) is 0 Å². The third-order valence-electron chi connectivity index (χ3n) is 3.92. The summed E-state index contributed by atoms with van der Waals surface area (Å²) in [5.74, 6) is -0.396. The summed E-state index contributed by atoms with van der Waals surface area (Å²) in [6.07, 6.45) is 1.56. The molecule has 0 saturated carbocycles. The maximum absolute atomic E-state index is 13.1. The number of hydrogen-bond donors (Lipinski definition) is 0. The third-order valence-corrected chi connectivity index (χ3v) is 3.92. The van der Waals surface area contributed by atoms with Gasteiger partial charge >= 0.3 is 0 Å². The van der Waals surface area contributed by atoms with Crippen LogP contribution < -0.4 is 0 Å². The van der Waals surface area contributed by atoms with Crippen LogP contribution in [0.25, 0.3) is 5.69 Å². The van der Waals surface area contributed by atoms with E-state index >= 15 is 0 Å². The van der Waals surface area contributed by atoms with Crippen molar-refractivity contribution in [1.82, 2.24) is 14.7 Å². The molecule has 0 unspecified atom stereocenters. The van der Waals surface area contributed by atoms with Gasteiger partial charge in [0, 0.05) is 13.6 Å². The predicted molar refractivity (Wildman–Crippen MR) is 90.5 cm³/mol. The molecule has 5 heteroatoms. The fourth-order valence-electron chi connectivity index (χ4n) is 2.60. The van der Waals surface area contributed by atoms with Gasteiger partial charge < -0.3 is 4.90 Å². The molecule has 0 atom stereocenters. The molecular weight excluding hydrogens is 305 g/mol. The molecule has 1 amide bonds. The average molecular weight is 323 g/mol. The number of aromatic nitrogens is 2. The number of hydrogen-bond acceptors (Lipinski definition) is 2. The zero-order valence-corrected chi connectivity index (χ0v) is 13.6. The Hall–Kier alpha value is -2.95. The van der Waals surface area contributed by atoms with E-state index in [0.717, 1.165) is 16.9 Å². The molecular formula is C19H18FN3O. The minimum atomic E-state index is -0.303. The van der Waals surface area contributed by atoms with Gasteiger partial charge in [0.2, 0.25) is 0 Å². The second-order valence-corrected chi connectivity index (χ2v) is 5.68. The highest BCUT2D eigenvalue weighted by atomic mass is 19.1. The number of halogens is 1. The average Bonchev–Trinajstić information content (AvgIpc) is 2.97. The van der Waals surface area contributed by atoms with E-state index in [2.05, 4.69) is 5.10 Å². The molecule has 2 aromatic carbocycles. The Labute approximate surface area is 140 Å². The van der Waals surface area contributed by atoms with E-state index in [1.54, 1.807) is 35.0 Å². The molecule has 3 rings (SSSR count). The molecule has 0 aliphatic rings.